The second-order valence-electron chi connectivity index (χ2n) is 3.07. The van der Waals surface area contributed by atoms with Crippen molar-refractivity contribution in [3.8, 4) is 0 Å². The molecule has 3 N–H and O–H groups in total. The number of hydrogen-bond donors (Lipinski definition) is 2. The van der Waals surface area contributed by atoms with E-state index < -0.39 is 5.97 Å². The molecule has 2 aromatic rings. The van der Waals surface area contributed by atoms with Gasteiger partial charge in [0.05, 0.1) is 12.2 Å². The highest BCUT2D eigenvalue weighted by molar-refractivity contribution is 7.07. The zero-order chi connectivity index (χ0) is 10.8. The quantitative estimate of drug-likeness (QED) is 0.821. The van der Waals surface area contributed by atoms with Crippen LogP contribution >= 0.6 is 11.3 Å². The molecule has 5 nitrogen and oxygen atoms in total. The minimum absolute atomic E-state index is 0.0924. The molecule has 0 spiro atoms. The Morgan fingerprint density at radius 2 is 2.47 bits per heavy atom. The Balaban J connectivity index is 2.23. The zero-order valence-electron chi connectivity index (χ0n) is 7.75. The summed E-state index contributed by atoms with van der Waals surface area (Å²) in [6, 6.07) is 1.96. The maximum atomic E-state index is 10.7. The van der Waals surface area contributed by atoms with E-state index in [2.05, 4.69) is 5.10 Å². The summed E-state index contributed by atoms with van der Waals surface area (Å²) < 4.78 is 1.53. The molecule has 0 unspecified atom stereocenters. The van der Waals surface area contributed by atoms with Gasteiger partial charge in [-0.3, -0.25) is 4.68 Å². The summed E-state index contributed by atoms with van der Waals surface area (Å²) in [7, 11) is 0. The molecule has 2 heterocycles. The van der Waals surface area contributed by atoms with Gasteiger partial charge in [-0.1, -0.05) is 0 Å². The molecule has 0 aromatic carbocycles. The number of nitrogen functional groups attached to an aromatic ring is 1. The van der Waals surface area contributed by atoms with Crippen LogP contribution in [0.1, 0.15) is 16.1 Å². The molecule has 15 heavy (non-hydrogen) atoms. The summed E-state index contributed by atoms with van der Waals surface area (Å²) >= 11 is 1.59. The van der Waals surface area contributed by atoms with Crippen LogP contribution in [-0.2, 0) is 6.54 Å². The van der Waals surface area contributed by atoms with Crippen LogP contribution in [0.4, 0.5) is 5.69 Å². The van der Waals surface area contributed by atoms with Crippen LogP contribution in [0.5, 0.6) is 0 Å². The molecule has 0 saturated heterocycles. The predicted molar refractivity (Wildman–Crippen MR) is 57.0 cm³/mol. The van der Waals surface area contributed by atoms with Crippen molar-refractivity contribution in [3.05, 3.63) is 34.3 Å². The van der Waals surface area contributed by atoms with E-state index in [0.717, 1.165) is 5.56 Å². The van der Waals surface area contributed by atoms with Crippen LogP contribution in [-0.4, -0.2) is 20.9 Å². The Kier molecular flexibility index (Phi) is 2.42. The molecule has 0 amide bonds. The number of aromatic nitrogens is 2. The van der Waals surface area contributed by atoms with Gasteiger partial charge < -0.3 is 10.8 Å². The molecule has 0 radical (unpaired) electrons. The lowest BCUT2D eigenvalue weighted by Crippen LogP contribution is -2.04. The van der Waals surface area contributed by atoms with Crippen molar-refractivity contribution < 1.29 is 9.90 Å². The summed E-state index contributed by atoms with van der Waals surface area (Å²) in [5.41, 5.74) is 6.69. The number of carboxylic acids is 1. The van der Waals surface area contributed by atoms with Crippen LogP contribution in [0.25, 0.3) is 0 Å². The van der Waals surface area contributed by atoms with Gasteiger partial charge in [-0.15, -0.1) is 0 Å². The summed E-state index contributed by atoms with van der Waals surface area (Å²) in [6.07, 6.45) is 1.53. The molecule has 0 aliphatic carbocycles. The highest BCUT2D eigenvalue weighted by atomic mass is 32.1. The minimum atomic E-state index is -1.10. The Morgan fingerprint density at radius 3 is 3.00 bits per heavy atom. The largest absolute Gasteiger partial charge is 0.476 e. The molecule has 78 valence electrons. The smallest absolute Gasteiger partial charge is 0.358 e. The number of carbonyl (C=O) groups is 1. The van der Waals surface area contributed by atoms with Gasteiger partial charge in [0.2, 0.25) is 0 Å². The molecule has 0 aliphatic rings. The molecule has 2 rings (SSSR count). The van der Waals surface area contributed by atoms with Gasteiger partial charge in [-0.05, 0) is 22.4 Å². The highest BCUT2D eigenvalue weighted by Gasteiger charge is 2.12. The molecule has 0 saturated carbocycles. The number of thiophene rings is 1. The molecule has 0 fully saturated rings. The molecule has 0 aliphatic heterocycles. The molecular weight excluding hydrogens is 214 g/mol. The van der Waals surface area contributed by atoms with Crippen molar-refractivity contribution in [1.82, 2.24) is 9.78 Å². The van der Waals surface area contributed by atoms with Gasteiger partial charge >= 0.3 is 5.97 Å². The maximum Gasteiger partial charge on any atom is 0.358 e. The second-order valence-corrected chi connectivity index (χ2v) is 3.85. The topological polar surface area (TPSA) is 81.1 Å². The number of hydrogen-bond acceptors (Lipinski definition) is 4. The first-order valence-electron chi connectivity index (χ1n) is 4.24. The lowest BCUT2D eigenvalue weighted by Gasteiger charge is -1.96. The van der Waals surface area contributed by atoms with Crippen molar-refractivity contribution in [3.63, 3.8) is 0 Å². The fraction of sp³-hybridized carbons (Fsp3) is 0.111. The molecule has 0 bridgehead atoms. The van der Waals surface area contributed by atoms with Crippen LogP contribution < -0.4 is 5.73 Å². The van der Waals surface area contributed by atoms with Crippen molar-refractivity contribution in [2.75, 3.05) is 5.73 Å². The van der Waals surface area contributed by atoms with E-state index in [1.807, 2.05) is 16.8 Å². The van der Waals surface area contributed by atoms with E-state index in [1.54, 1.807) is 11.3 Å². The van der Waals surface area contributed by atoms with E-state index in [-0.39, 0.29) is 11.4 Å². The normalized spacial score (nSPS) is 10.4. The molecule has 2 aromatic heterocycles. The number of anilines is 1. The Hall–Kier alpha value is -1.82. The van der Waals surface area contributed by atoms with E-state index in [9.17, 15) is 4.79 Å². The predicted octanol–water partition coefficient (Wildman–Crippen LogP) is 1.27. The summed E-state index contributed by atoms with van der Waals surface area (Å²) in [5.74, 6) is -1.10. The number of nitrogens with two attached hydrogens (primary N) is 1. The number of nitrogens with zero attached hydrogens (tertiary/aromatic N) is 2. The van der Waals surface area contributed by atoms with Crippen LogP contribution in [0.15, 0.2) is 23.0 Å². The Morgan fingerprint density at radius 1 is 1.67 bits per heavy atom. The zero-order valence-corrected chi connectivity index (χ0v) is 8.57. The first kappa shape index (κ1) is 9.72. The monoisotopic (exact) mass is 223 g/mol. The average Bonchev–Trinajstić information content (AvgIpc) is 2.75. The molecular formula is C9H9N3O2S. The lowest BCUT2D eigenvalue weighted by atomic mass is 10.3. The van der Waals surface area contributed by atoms with Crippen molar-refractivity contribution >= 4 is 23.0 Å². The van der Waals surface area contributed by atoms with E-state index in [1.165, 1.54) is 10.9 Å². The second kappa shape index (κ2) is 3.74. The fourth-order valence-corrected chi connectivity index (χ4v) is 1.91. The average molecular weight is 223 g/mol. The number of rotatable bonds is 3. The third-order valence-corrected chi connectivity index (χ3v) is 2.65. The van der Waals surface area contributed by atoms with Crippen LogP contribution in [0.2, 0.25) is 0 Å². The number of carboxylic acid groups (broad SMARTS) is 1. The van der Waals surface area contributed by atoms with Gasteiger partial charge in [0.1, 0.15) is 0 Å². The first-order valence-corrected chi connectivity index (χ1v) is 5.18. The van der Waals surface area contributed by atoms with Crippen molar-refractivity contribution in [2.24, 2.45) is 0 Å². The summed E-state index contributed by atoms with van der Waals surface area (Å²) in [4.78, 5) is 10.7. The van der Waals surface area contributed by atoms with Crippen LogP contribution in [0.3, 0.4) is 0 Å². The minimum Gasteiger partial charge on any atom is -0.476 e. The van der Waals surface area contributed by atoms with Crippen molar-refractivity contribution in [2.45, 2.75) is 6.54 Å². The summed E-state index contributed by atoms with van der Waals surface area (Å²) in [6.45, 7) is 0.543. The molecule has 0 atom stereocenters. The van der Waals surface area contributed by atoms with E-state index >= 15 is 0 Å². The maximum absolute atomic E-state index is 10.7. The summed E-state index contributed by atoms with van der Waals surface area (Å²) in [5, 5.41) is 16.6. The Bertz CT molecular complexity index is 476. The van der Waals surface area contributed by atoms with Gasteiger partial charge in [-0.25, -0.2) is 4.79 Å². The fourth-order valence-electron chi connectivity index (χ4n) is 1.25. The van der Waals surface area contributed by atoms with Gasteiger partial charge in [-0.2, -0.15) is 16.4 Å². The standard InChI is InChI=1S/C9H9N3O2S/c10-7-4-12(11-8(7)9(13)14)3-6-1-2-15-5-6/h1-2,4-5H,3,10H2,(H,13,14). The van der Waals surface area contributed by atoms with Gasteiger partial charge in [0, 0.05) is 6.20 Å². The molecule has 6 heteroatoms. The van der Waals surface area contributed by atoms with Gasteiger partial charge in [0.25, 0.3) is 0 Å². The van der Waals surface area contributed by atoms with Crippen LogP contribution in [0, 0.1) is 0 Å². The highest BCUT2D eigenvalue weighted by Crippen LogP contribution is 2.12. The van der Waals surface area contributed by atoms with E-state index in [4.69, 9.17) is 10.8 Å². The number of aromatic carboxylic acids is 1. The SMILES string of the molecule is Nc1cn(Cc2ccsc2)nc1C(=O)O. The third kappa shape index (κ3) is 1.99. The third-order valence-electron chi connectivity index (χ3n) is 1.92. The Labute approximate surface area is 89.8 Å². The van der Waals surface area contributed by atoms with Crippen molar-refractivity contribution in [1.29, 1.82) is 0 Å². The van der Waals surface area contributed by atoms with E-state index in [0.29, 0.717) is 6.54 Å². The van der Waals surface area contributed by atoms with Gasteiger partial charge in [0.15, 0.2) is 5.69 Å². The lowest BCUT2D eigenvalue weighted by molar-refractivity contribution is 0.0690. The first-order chi connectivity index (χ1) is 7.16.